The van der Waals surface area contributed by atoms with E-state index < -0.39 is 16.7 Å². The Morgan fingerprint density at radius 3 is 2.32 bits per heavy atom. The van der Waals surface area contributed by atoms with Gasteiger partial charge in [-0.25, -0.2) is 0 Å². The second-order valence-electron chi connectivity index (χ2n) is 11.3. The minimum absolute atomic E-state index is 0.0842. The third-order valence-corrected chi connectivity index (χ3v) is 10.4. The fourth-order valence-corrected chi connectivity index (χ4v) is 9.24. The lowest BCUT2D eigenvalue weighted by Gasteiger charge is -2.63. The van der Waals surface area contributed by atoms with Crippen molar-refractivity contribution in [2.75, 3.05) is 26.4 Å². The molecule has 0 amide bonds. The Hall–Kier alpha value is -0.960. The second kappa shape index (κ2) is 6.78. The third-order valence-electron chi connectivity index (χ3n) is 10.4. The van der Waals surface area contributed by atoms with E-state index >= 15 is 0 Å². The van der Waals surface area contributed by atoms with Crippen molar-refractivity contribution >= 4 is 0 Å². The highest BCUT2D eigenvalue weighted by molar-refractivity contribution is 5.20. The molecule has 2 saturated heterocycles. The van der Waals surface area contributed by atoms with Crippen LogP contribution in [0, 0.1) is 44.6 Å². The Balaban J connectivity index is 1.41. The summed E-state index contributed by atoms with van der Waals surface area (Å²) in [5, 5.41) is 10.8. The van der Waals surface area contributed by atoms with E-state index in [9.17, 15) is 10.1 Å². The maximum absolute atomic E-state index is 11.4. The molecule has 4 saturated carbocycles. The second-order valence-corrected chi connectivity index (χ2v) is 11.3. The summed E-state index contributed by atoms with van der Waals surface area (Å²) in [5.41, 5.74) is -0.160. The molecule has 31 heavy (non-hydrogen) atoms. The van der Waals surface area contributed by atoms with Crippen LogP contribution in [-0.2, 0) is 23.8 Å². The van der Waals surface area contributed by atoms with Crippen molar-refractivity contribution in [3.8, 4) is 0 Å². The zero-order valence-electron chi connectivity index (χ0n) is 18.7. The Morgan fingerprint density at radius 1 is 0.903 bits per heavy atom. The highest BCUT2D eigenvalue weighted by Gasteiger charge is 2.79. The Morgan fingerprint density at radius 2 is 1.61 bits per heavy atom. The summed E-state index contributed by atoms with van der Waals surface area (Å²) in [6, 6.07) is 0. The lowest BCUT2D eigenvalue weighted by atomic mass is 9.44. The van der Waals surface area contributed by atoms with Gasteiger partial charge in [0.2, 0.25) is 11.6 Å². The van der Waals surface area contributed by atoms with E-state index in [0.717, 1.165) is 44.9 Å². The first-order valence-electron chi connectivity index (χ1n) is 12.2. The largest absolute Gasteiger partial charge is 0.343 e. The highest BCUT2D eigenvalue weighted by atomic mass is 17.0. The van der Waals surface area contributed by atoms with Gasteiger partial charge in [0, 0.05) is 11.8 Å². The van der Waals surface area contributed by atoms with Crippen molar-refractivity contribution in [3.05, 3.63) is 10.1 Å². The minimum atomic E-state index is -0.879. The molecule has 0 spiro atoms. The molecule has 7 atom stereocenters. The molecule has 6 fully saturated rings. The van der Waals surface area contributed by atoms with Gasteiger partial charge in [-0.3, -0.25) is 0 Å². The molecule has 0 radical (unpaired) electrons. The van der Waals surface area contributed by atoms with Crippen molar-refractivity contribution in [2.45, 2.75) is 82.9 Å². The molecule has 0 aromatic carbocycles. The van der Waals surface area contributed by atoms with E-state index in [2.05, 4.69) is 13.8 Å². The number of nitrogens with zero attached hydrogens (tertiary/aromatic N) is 1. The van der Waals surface area contributed by atoms with Crippen LogP contribution in [0.4, 0.5) is 0 Å². The van der Waals surface area contributed by atoms with Gasteiger partial charge in [-0.2, -0.15) is 0 Å². The van der Waals surface area contributed by atoms with Crippen LogP contribution in [0.25, 0.3) is 0 Å². The molecule has 174 valence electrons. The van der Waals surface area contributed by atoms with Gasteiger partial charge in [0.1, 0.15) is 6.10 Å². The molecule has 8 heteroatoms. The maximum atomic E-state index is 11.4. The maximum Gasteiger partial charge on any atom is 0.294 e. The summed E-state index contributed by atoms with van der Waals surface area (Å²) in [4.78, 5) is 16.8. The van der Waals surface area contributed by atoms with E-state index in [1.165, 1.54) is 6.42 Å². The number of rotatable bonds is 2. The molecule has 4 aliphatic carbocycles. The van der Waals surface area contributed by atoms with Crippen LogP contribution in [0.5, 0.6) is 0 Å². The molecule has 0 bridgehead atoms. The van der Waals surface area contributed by atoms with E-state index in [0.29, 0.717) is 38.3 Å². The standard InChI is InChI=1S/C23H35NO7/c1-20-7-4-3-5-17(20)19(31-24(25)26)13-15-16(20)6-8-21(2)18(15)14-22-23(21,29-11-9-27-22)30-12-10-28-22/h15-19H,3-14H2,1-2H3/t15-,16+,17?,18+,19+,20-,21+,22?,23?/m1/s1. The predicted molar refractivity (Wildman–Crippen MR) is 108 cm³/mol. The van der Waals surface area contributed by atoms with Crippen LogP contribution < -0.4 is 0 Å². The van der Waals surface area contributed by atoms with Gasteiger partial charge in [-0.15, -0.1) is 10.1 Å². The first-order chi connectivity index (χ1) is 14.9. The number of hydrogen-bond acceptors (Lipinski definition) is 7. The van der Waals surface area contributed by atoms with Gasteiger partial charge in [0.25, 0.3) is 5.09 Å². The summed E-state index contributed by atoms with van der Waals surface area (Å²) in [6.45, 7) is 6.71. The lowest BCUT2D eigenvalue weighted by molar-refractivity contribution is -0.773. The molecule has 6 rings (SSSR count). The lowest BCUT2D eigenvalue weighted by Crippen LogP contribution is -2.70. The van der Waals surface area contributed by atoms with Crippen LogP contribution in [0.15, 0.2) is 0 Å². The molecule has 2 aliphatic heterocycles. The molecule has 1 unspecified atom stereocenters. The van der Waals surface area contributed by atoms with Gasteiger partial charge in [0.05, 0.1) is 26.4 Å². The SMILES string of the molecule is C[C@]12CCCCC1[C@@H](O[N+](=O)[O-])C[C@@H]1[C@@H]2CC[C@@]2(C)[C@H]1CC13OCCOC12OCCO3. The fourth-order valence-electron chi connectivity index (χ4n) is 9.24. The normalized spacial score (nSPS) is 55.7. The topological polar surface area (TPSA) is 89.3 Å². The average molecular weight is 438 g/mol. The zero-order chi connectivity index (χ0) is 21.5. The predicted octanol–water partition coefficient (Wildman–Crippen LogP) is 3.70. The molecule has 0 aromatic rings. The minimum Gasteiger partial charge on any atom is -0.343 e. The molecule has 8 nitrogen and oxygen atoms in total. The monoisotopic (exact) mass is 437 g/mol. The van der Waals surface area contributed by atoms with Crippen molar-refractivity contribution in [3.63, 3.8) is 0 Å². The highest BCUT2D eigenvalue weighted by Crippen LogP contribution is 2.72. The average Bonchev–Trinajstić information content (AvgIpc) is 3.00. The Bertz CT molecular complexity index is 748. The quantitative estimate of drug-likeness (QED) is 0.481. The molecular weight excluding hydrogens is 402 g/mol. The first kappa shape index (κ1) is 20.6. The molecule has 0 aromatic heterocycles. The van der Waals surface area contributed by atoms with E-state index in [4.69, 9.17) is 23.8 Å². The third kappa shape index (κ3) is 2.51. The van der Waals surface area contributed by atoms with Crippen LogP contribution in [0.3, 0.4) is 0 Å². The Labute approximate surface area is 183 Å². The van der Waals surface area contributed by atoms with E-state index in [-0.39, 0.29) is 28.8 Å². The van der Waals surface area contributed by atoms with Gasteiger partial charge >= 0.3 is 0 Å². The van der Waals surface area contributed by atoms with Crippen molar-refractivity contribution in [1.82, 2.24) is 0 Å². The number of fused-ring (bicyclic) bond motifs is 5. The first-order valence-corrected chi connectivity index (χ1v) is 12.2. The summed E-state index contributed by atoms with van der Waals surface area (Å²) < 4.78 is 25.6. The number of hydrogen-bond donors (Lipinski definition) is 0. The van der Waals surface area contributed by atoms with Crippen molar-refractivity contribution in [2.24, 2.45) is 34.5 Å². The van der Waals surface area contributed by atoms with Crippen LogP contribution in [0.2, 0.25) is 0 Å². The summed E-state index contributed by atoms with van der Waals surface area (Å²) in [7, 11) is 0. The van der Waals surface area contributed by atoms with E-state index in [1.807, 2.05) is 0 Å². The van der Waals surface area contributed by atoms with Gasteiger partial charge in [-0.05, 0) is 61.2 Å². The van der Waals surface area contributed by atoms with Crippen LogP contribution >= 0.6 is 0 Å². The molecule has 6 aliphatic rings. The summed E-state index contributed by atoms with van der Waals surface area (Å²) in [6.07, 6.45) is 7.77. The zero-order valence-corrected chi connectivity index (χ0v) is 18.7. The van der Waals surface area contributed by atoms with Crippen molar-refractivity contribution < 1.29 is 28.9 Å². The van der Waals surface area contributed by atoms with Crippen LogP contribution in [0.1, 0.15) is 65.2 Å². The summed E-state index contributed by atoms with van der Waals surface area (Å²) in [5.74, 6) is -0.353. The van der Waals surface area contributed by atoms with Gasteiger partial charge in [0.15, 0.2) is 0 Å². The molecular formula is C23H35NO7. The van der Waals surface area contributed by atoms with Gasteiger partial charge < -0.3 is 23.8 Å². The Kier molecular flexibility index (Phi) is 4.51. The smallest absolute Gasteiger partial charge is 0.294 e. The van der Waals surface area contributed by atoms with Crippen LogP contribution in [-0.4, -0.2) is 49.2 Å². The van der Waals surface area contributed by atoms with Gasteiger partial charge in [-0.1, -0.05) is 26.7 Å². The number of ether oxygens (including phenoxy) is 4. The van der Waals surface area contributed by atoms with E-state index in [1.54, 1.807) is 0 Å². The summed E-state index contributed by atoms with van der Waals surface area (Å²) >= 11 is 0. The molecule has 0 N–H and O–H groups in total. The van der Waals surface area contributed by atoms with Crippen molar-refractivity contribution in [1.29, 1.82) is 0 Å². The fraction of sp³-hybridized carbons (Fsp3) is 1.00. The molecule has 2 heterocycles.